The van der Waals surface area contributed by atoms with Crippen LogP contribution in [0.5, 0.6) is 0 Å². The molecular weight excluding hydrogens is 419 g/mol. The number of benzene rings is 2. The van der Waals surface area contributed by atoms with Crippen molar-refractivity contribution in [1.29, 1.82) is 0 Å². The summed E-state index contributed by atoms with van der Waals surface area (Å²) in [4.78, 5) is 26.0. The Morgan fingerprint density at radius 2 is 1.75 bits per heavy atom. The Hall–Kier alpha value is -3.35. The molecule has 0 spiro atoms. The molecule has 0 bridgehead atoms. The Morgan fingerprint density at radius 1 is 1.06 bits per heavy atom. The number of allylic oxidation sites excluding steroid dienone is 2. The lowest BCUT2D eigenvalue weighted by atomic mass is 9.70. The van der Waals surface area contributed by atoms with Crippen molar-refractivity contribution >= 4 is 11.8 Å². The monoisotopic (exact) mass is 441 g/mol. The SMILES string of the molecule is C=C1NC2=C(C(=O)CCC2)C(c2ccccc2C(F)(F)F)C1C(=O)OCc1ccccc1. The average molecular weight is 441 g/mol. The van der Waals surface area contributed by atoms with Gasteiger partial charge in [0.25, 0.3) is 0 Å². The van der Waals surface area contributed by atoms with Gasteiger partial charge in [-0.05, 0) is 30.0 Å². The van der Waals surface area contributed by atoms with Gasteiger partial charge >= 0.3 is 12.1 Å². The van der Waals surface area contributed by atoms with E-state index in [2.05, 4.69) is 11.9 Å². The number of esters is 1. The van der Waals surface area contributed by atoms with Crippen molar-refractivity contribution in [3.63, 3.8) is 0 Å². The van der Waals surface area contributed by atoms with E-state index in [0.717, 1.165) is 11.6 Å². The van der Waals surface area contributed by atoms with Crippen LogP contribution in [0, 0.1) is 5.92 Å². The summed E-state index contributed by atoms with van der Waals surface area (Å²) in [6.07, 6.45) is -3.31. The van der Waals surface area contributed by atoms with E-state index in [9.17, 15) is 22.8 Å². The fraction of sp³-hybridized carbons (Fsp3) is 0.280. The molecule has 0 fully saturated rings. The van der Waals surface area contributed by atoms with E-state index >= 15 is 0 Å². The topological polar surface area (TPSA) is 55.4 Å². The van der Waals surface area contributed by atoms with E-state index in [4.69, 9.17) is 4.74 Å². The van der Waals surface area contributed by atoms with Crippen molar-refractivity contribution in [3.05, 3.63) is 94.8 Å². The second kappa shape index (κ2) is 8.65. The standard InChI is InChI=1S/C25H22F3NO3/c1-15-21(24(31)32-14-16-8-3-2-4-9-16)22(23-19(29-15)12-7-13-20(23)30)17-10-5-6-11-18(17)25(26,27)28/h2-6,8-11,21-22,29H,1,7,12-14H2. The van der Waals surface area contributed by atoms with Crippen LogP contribution >= 0.6 is 0 Å². The first kappa shape index (κ1) is 21.9. The predicted octanol–water partition coefficient (Wildman–Crippen LogP) is 5.27. The van der Waals surface area contributed by atoms with Gasteiger partial charge in [0.2, 0.25) is 0 Å². The van der Waals surface area contributed by atoms with Crippen LogP contribution in [0.3, 0.4) is 0 Å². The van der Waals surface area contributed by atoms with E-state index in [-0.39, 0.29) is 35.6 Å². The minimum Gasteiger partial charge on any atom is -0.460 e. The van der Waals surface area contributed by atoms with Gasteiger partial charge in [-0.1, -0.05) is 55.1 Å². The Labute approximate surface area is 183 Å². The van der Waals surface area contributed by atoms with Crippen molar-refractivity contribution in [2.75, 3.05) is 0 Å². The van der Waals surface area contributed by atoms with Gasteiger partial charge in [0.05, 0.1) is 5.56 Å². The summed E-state index contributed by atoms with van der Waals surface area (Å²) in [6.45, 7) is 3.89. The molecule has 2 aromatic rings. The fourth-order valence-electron chi connectivity index (χ4n) is 4.45. The highest BCUT2D eigenvalue weighted by atomic mass is 19.4. The van der Waals surface area contributed by atoms with E-state index in [1.165, 1.54) is 18.2 Å². The number of alkyl halides is 3. The molecule has 2 aliphatic rings. The molecule has 1 aliphatic heterocycles. The lowest BCUT2D eigenvalue weighted by Crippen LogP contribution is -2.41. The molecule has 0 saturated heterocycles. The molecule has 0 aromatic heterocycles. The lowest BCUT2D eigenvalue weighted by Gasteiger charge is -2.39. The summed E-state index contributed by atoms with van der Waals surface area (Å²) in [5.41, 5.74) is 0.759. The number of ether oxygens (including phenoxy) is 1. The number of ketones is 1. The molecule has 4 nitrogen and oxygen atoms in total. The van der Waals surface area contributed by atoms with Crippen LogP contribution in [0.2, 0.25) is 0 Å². The second-order valence-electron chi connectivity index (χ2n) is 7.95. The second-order valence-corrected chi connectivity index (χ2v) is 7.95. The molecule has 0 radical (unpaired) electrons. The Morgan fingerprint density at radius 3 is 2.47 bits per heavy atom. The van der Waals surface area contributed by atoms with Crippen LogP contribution in [0.15, 0.2) is 78.1 Å². The van der Waals surface area contributed by atoms with Crippen LogP contribution in [0.25, 0.3) is 0 Å². The smallest absolute Gasteiger partial charge is 0.416 e. The Bertz CT molecular complexity index is 1090. The maximum atomic E-state index is 13.9. The summed E-state index contributed by atoms with van der Waals surface area (Å²) in [6, 6.07) is 14.1. The predicted molar refractivity (Wildman–Crippen MR) is 112 cm³/mol. The average Bonchev–Trinajstić information content (AvgIpc) is 2.77. The third-order valence-electron chi connectivity index (χ3n) is 5.87. The van der Waals surface area contributed by atoms with Crippen LogP contribution < -0.4 is 5.32 Å². The van der Waals surface area contributed by atoms with Crippen molar-refractivity contribution in [2.24, 2.45) is 5.92 Å². The molecule has 166 valence electrons. The number of carbonyl (C=O) groups excluding carboxylic acids is 2. The number of halogens is 3. The molecule has 2 aromatic carbocycles. The van der Waals surface area contributed by atoms with Gasteiger partial charge in [-0.2, -0.15) is 13.2 Å². The van der Waals surface area contributed by atoms with E-state index < -0.39 is 29.5 Å². The van der Waals surface area contributed by atoms with Crippen molar-refractivity contribution in [3.8, 4) is 0 Å². The minimum atomic E-state index is -4.64. The molecule has 2 atom stereocenters. The number of Topliss-reactive ketones (excluding diaryl/α,β-unsaturated/α-hetero) is 1. The Kier molecular flexibility index (Phi) is 5.91. The number of nitrogens with one attached hydrogen (secondary N) is 1. The van der Waals surface area contributed by atoms with E-state index in [0.29, 0.717) is 18.5 Å². The highest BCUT2D eigenvalue weighted by Gasteiger charge is 2.47. The molecule has 1 aliphatic carbocycles. The van der Waals surface area contributed by atoms with Crippen LogP contribution in [-0.2, 0) is 27.1 Å². The van der Waals surface area contributed by atoms with Gasteiger partial charge in [0.1, 0.15) is 12.5 Å². The molecular formula is C25H22F3NO3. The van der Waals surface area contributed by atoms with Crippen molar-refractivity contribution in [2.45, 2.75) is 38.0 Å². The number of rotatable bonds is 4. The van der Waals surface area contributed by atoms with Gasteiger partial charge in [-0.15, -0.1) is 0 Å². The molecule has 0 saturated carbocycles. The summed E-state index contributed by atoms with van der Waals surface area (Å²) in [5.74, 6) is -3.26. The minimum absolute atomic E-state index is 0.0308. The van der Waals surface area contributed by atoms with Crippen LogP contribution in [-0.4, -0.2) is 11.8 Å². The van der Waals surface area contributed by atoms with E-state index in [1.54, 1.807) is 24.3 Å². The molecule has 32 heavy (non-hydrogen) atoms. The largest absolute Gasteiger partial charge is 0.460 e. The van der Waals surface area contributed by atoms with Gasteiger partial charge in [-0.25, -0.2) is 0 Å². The summed E-state index contributed by atoms with van der Waals surface area (Å²) in [7, 11) is 0. The number of carbonyl (C=O) groups is 2. The zero-order valence-electron chi connectivity index (χ0n) is 17.2. The molecule has 2 unspecified atom stereocenters. The highest BCUT2D eigenvalue weighted by Crippen LogP contribution is 2.47. The maximum absolute atomic E-state index is 13.9. The number of hydrogen-bond donors (Lipinski definition) is 1. The summed E-state index contributed by atoms with van der Waals surface area (Å²) >= 11 is 0. The third kappa shape index (κ3) is 4.20. The molecule has 1 heterocycles. The first-order valence-corrected chi connectivity index (χ1v) is 10.4. The van der Waals surface area contributed by atoms with Gasteiger partial charge < -0.3 is 10.1 Å². The van der Waals surface area contributed by atoms with Gasteiger partial charge in [-0.3, -0.25) is 9.59 Å². The quantitative estimate of drug-likeness (QED) is 0.657. The molecule has 0 amide bonds. The summed E-state index contributed by atoms with van der Waals surface area (Å²) in [5, 5.41) is 3.02. The number of hydrogen-bond acceptors (Lipinski definition) is 4. The van der Waals surface area contributed by atoms with Crippen LogP contribution in [0.4, 0.5) is 13.2 Å². The third-order valence-corrected chi connectivity index (χ3v) is 5.87. The Balaban J connectivity index is 1.78. The van der Waals surface area contributed by atoms with Crippen LogP contribution in [0.1, 0.15) is 41.9 Å². The highest BCUT2D eigenvalue weighted by molar-refractivity contribution is 6.00. The fourth-order valence-corrected chi connectivity index (χ4v) is 4.45. The van der Waals surface area contributed by atoms with Crippen molar-refractivity contribution in [1.82, 2.24) is 5.32 Å². The zero-order chi connectivity index (χ0) is 22.9. The van der Waals surface area contributed by atoms with Gasteiger partial charge in [0, 0.05) is 29.3 Å². The first-order valence-electron chi connectivity index (χ1n) is 10.4. The lowest BCUT2D eigenvalue weighted by molar-refractivity contribution is -0.150. The van der Waals surface area contributed by atoms with Crippen molar-refractivity contribution < 1.29 is 27.5 Å². The molecule has 7 heteroatoms. The first-order chi connectivity index (χ1) is 15.3. The maximum Gasteiger partial charge on any atom is 0.416 e. The summed E-state index contributed by atoms with van der Waals surface area (Å²) < 4.78 is 47.1. The molecule has 1 N–H and O–H groups in total. The zero-order valence-corrected chi connectivity index (χ0v) is 17.2. The molecule has 4 rings (SSSR count). The van der Waals surface area contributed by atoms with E-state index in [1.807, 2.05) is 6.07 Å². The normalized spacial score (nSPS) is 21.1. The van der Waals surface area contributed by atoms with Gasteiger partial charge in [0.15, 0.2) is 5.78 Å².